The van der Waals surface area contributed by atoms with Gasteiger partial charge >= 0.3 is 0 Å². The number of hydrogen-bond acceptors (Lipinski definition) is 6. The van der Waals surface area contributed by atoms with Gasteiger partial charge in [-0.1, -0.05) is 43.3 Å². The third-order valence-corrected chi connectivity index (χ3v) is 5.52. The Morgan fingerprint density at radius 3 is 2.36 bits per heavy atom. The summed E-state index contributed by atoms with van der Waals surface area (Å²) in [4.78, 5) is 25.7. The Morgan fingerprint density at radius 1 is 1.00 bits per heavy atom. The molecule has 3 aromatic rings. The predicted octanol–water partition coefficient (Wildman–Crippen LogP) is 5.86. The Kier molecular flexibility index (Phi) is 9.11. The van der Waals surface area contributed by atoms with Gasteiger partial charge in [0.05, 0.1) is 17.3 Å². The molecule has 3 rings (SSSR count). The normalized spacial score (nSPS) is 11.9. The Morgan fingerprint density at radius 2 is 1.69 bits per heavy atom. The van der Waals surface area contributed by atoms with Crippen LogP contribution in [0.4, 0.5) is 5.69 Å². The molecule has 0 radical (unpaired) electrons. The van der Waals surface area contributed by atoms with E-state index >= 15 is 0 Å². The minimum absolute atomic E-state index is 0.00711. The van der Waals surface area contributed by atoms with Crippen molar-refractivity contribution in [2.24, 2.45) is 0 Å². The minimum Gasteiger partial charge on any atom is -0.505 e. The Balaban J connectivity index is 1.81. The fourth-order valence-corrected chi connectivity index (χ4v) is 3.71. The lowest BCUT2D eigenvalue weighted by molar-refractivity contribution is -0.116. The third-order valence-electron chi connectivity index (χ3n) is 5.52. The maximum Gasteiger partial charge on any atom is 0.257 e. The van der Waals surface area contributed by atoms with E-state index in [1.165, 1.54) is 11.8 Å². The maximum atomic E-state index is 12.3. The van der Waals surface area contributed by atoms with Crippen molar-refractivity contribution in [3.05, 3.63) is 95.8 Å². The highest BCUT2D eigenvalue weighted by Crippen LogP contribution is 2.29. The zero-order chi connectivity index (χ0) is 26.1. The summed E-state index contributed by atoms with van der Waals surface area (Å²) in [5, 5.41) is 17.1. The molecule has 0 bridgehead atoms. The molecule has 0 aliphatic heterocycles. The van der Waals surface area contributed by atoms with Gasteiger partial charge in [0.2, 0.25) is 0 Å². The van der Waals surface area contributed by atoms with E-state index < -0.39 is 0 Å². The van der Waals surface area contributed by atoms with Crippen LogP contribution in [0, 0.1) is 0 Å². The smallest absolute Gasteiger partial charge is 0.257 e. The number of nitrogens with one attached hydrogen (secondary N) is 2. The number of para-hydroxylation sites is 2. The van der Waals surface area contributed by atoms with E-state index in [0.29, 0.717) is 11.4 Å². The van der Waals surface area contributed by atoms with Crippen molar-refractivity contribution in [1.82, 2.24) is 10.2 Å². The van der Waals surface area contributed by atoms with Crippen LogP contribution in [0.1, 0.15) is 48.7 Å². The summed E-state index contributed by atoms with van der Waals surface area (Å²) >= 11 is 0. The first-order valence-electron chi connectivity index (χ1n) is 11.9. The van der Waals surface area contributed by atoms with Crippen LogP contribution >= 0.6 is 0 Å². The number of phenols is 1. The highest BCUT2D eigenvalue weighted by molar-refractivity contribution is 5.98. The highest BCUT2D eigenvalue weighted by atomic mass is 16.5. The molecule has 0 saturated heterocycles. The van der Waals surface area contributed by atoms with Crippen LogP contribution in [0.5, 0.6) is 17.2 Å². The van der Waals surface area contributed by atoms with Crippen LogP contribution in [-0.2, 0) is 4.79 Å². The molecule has 3 aromatic carbocycles. The van der Waals surface area contributed by atoms with Crippen LogP contribution in [0.2, 0.25) is 0 Å². The van der Waals surface area contributed by atoms with Crippen LogP contribution in [0.25, 0.3) is 0 Å². The fourth-order valence-electron chi connectivity index (χ4n) is 3.71. The molecule has 7 heteroatoms. The average Bonchev–Trinajstić information content (AvgIpc) is 2.86. The number of carbonyl (C=O) groups is 2. The standard InChI is InChI=1S/C29H33N3O4/c1-5-26(21-11-9-14-24(18-21)36-23-12-7-6-8-13-23)31-22(17-20(2)33)19-30-27-16-10-15-25(28(27)34)29(35)32(3)4/h6-16,18-19,26,30-31,34H,5,17H2,1-4H3. The van der Waals surface area contributed by atoms with Gasteiger partial charge in [-0.05, 0) is 55.3 Å². The van der Waals surface area contributed by atoms with Gasteiger partial charge in [0.1, 0.15) is 17.3 Å². The predicted molar refractivity (Wildman–Crippen MR) is 142 cm³/mol. The van der Waals surface area contributed by atoms with Crippen LogP contribution in [0.15, 0.2) is 84.7 Å². The molecule has 1 unspecified atom stereocenters. The molecule has 3 N–H and O–H groups in total. The van der Waals surface area contributed by atoms with Gasteiger partial charge in [-0.2, -0.15) is 0 Å². The summed E-state index contributed by atoms with van der Waals surface area (Å²) in [7, 11) is 3.25. The molecule has 0 heterocycles. The lowest BCUT2D eigenvalue weighted by Crippen LogP contribution is -2.23. The van der Waals surface area contributed by atoms with Crippen molar-refractivity contribution in [3.8, 4) is 17.2 Å². The first kappa shape index (κ1) is 26.3. The van der Waals surface area contributed by atoms with Gasteiger partial charge in [-0.3, -0.25) is 9.59 Å². The van der Waals surface area contributed by atoms with E-state index in [0.717, 1.165) is 23.5 Å². The van der Waals surface area contributed by atoms with Gasteiger partial charge < -0.3 is 25.4 Å². The quantitative estimate of drug-likeness (QED) is 0.294. The summed E-state index contributed by atoms with van der Waals surface area (Å²) in [5.41, 5.74) is 2.24. The number of ketones is 1. The van der Waals surface area contributed by atoms with Gasteiger partial charge in [0.15, 0.2) is 5.75 Å². The van der Waals surface area contributed by atoms with Gasteiger partial charge in [0, 0.05) is 32.4 Å². The number of carbonyl (C=O) groups excluding carboxylic acids is 2. The Bertz CT molecular complexity index is 1220. The lowest BCUT2D eigenvalue weighted by atomic mass is 10.0. The van der Waals surface area contributed by atoms with Crippen LogP contribution in [0.3, 0.4) is 0 Å². The molecule has 0 spiro atoms. The number of hydrogen-bond donors (Lipinski definition) is 3. The van der Waals surface area contributed by atoms with E-state index in [1.54, 1.807) is 38.5 Å². The summed E-state index contributed by atoms with van der Waals surface area (Å²) in [6.45, 7) is 3.59. The lowest BCUT2D eigenvalue weighted by Gasteiger charge is -2.22. The number of Topliss-reactive ketones (excluding diaryl/α,β-unsaturated/α-hetero) is 1. The largest absolute Gasteiger partial charge is 0.505 e. The van der Waals surface area contributed by atoms with Crippen molar-refractivity contribution in [3.63, 3.8) is 0 Å². The second-order valence-electron chi connectivity index (χ2n) is 8.69. The zero-order valence-electron chi connectivity index (χ0n) is 21.1. The number of nitrogens with zero attached hydrogens (tertiary/aromatic N) is 1. The second-order valence-corrected chi connectivity index (χ2v) is 8.69. The number of aromatic hydroxyl groups is 1. The van der Waals surface area contributed by atoms with Gasteiger partial charge in [0.25, 0.3) is 5.91 Å². The van der Waals surface area contributed by atoms with E-state index in [9.17, 15) is 14.7 Å². The zero-order valence-corrected chi connectivity index (χ0v) is 21.1. The summed E-state index contributed by atoms with van der Waals surface area (Å²) in [6.07, 6.45) is 2.61. The van der Waals surface area contributed by atoms with E-state index in [2.05, 4.69) is 17.6 Å². The van der Waals surface area contributed by atoms with E-state index in [1.807, 2.05) is 54.6 Å². The Hall–Kier alpha value is -4.26. The molecule has 36 heavy (non-hydrogen) atoms. The number of benzene rings is 3. The number of rotatable bonds is 11. The number of ether oxygens (including phenoxy) is 1. The number of allylic oxidation sites excluding steroid dienone is 1. The number of amides is 1. The molecule has 188 valence electrons. The molecule has 0 fully saturated rings. The average molecular weight is 488 g/mol. The van der Waals surface area contributed by atoms with Crippen molar-refractivity contribution >= 4 is 17.4 Å². The molecule has 1 atom stereocenters. The van der Waals surface area contributed by atoms with Crippen molar-refractivity contribution in [2.75, 3.05) is 19.4 Å². The second kappa shape index (κ2) is 12.4. The SMILES string of the molecule is CCC(NC(=CNc1cccc(C(=O)N(C)C)c1O)CC(C)=O)c1cccc(Oc2ccccc2)c1. The maximum absolute atomic E-state index is 12.3. The first-order valence-corrected chi connectivity index (χ1v) is 11.9. The van der Waals surface area contributed by atoms with Crippen molar-refractivity contribution in [2.45, 2.75) is 32.7 Å². The van der Waals surface area contributed by atoms with Crippen LogP contribution < -0.4 is 15.4 Å². The third kappa shape index (κ3) is 7.12. The van der Waals surface area contributed by atoms with Gasteiger partial charge in [-0.25, -0.2) is 0 Å². The van der Waals surface area contributed by atoms with E-state index in [4.69, 9.17) is 4.74 Å². The molecular weight excluding hydrogens is 454 g/mol. The number of anilines is 1. The molecule has 0 aliphatic carbocycles. The molecule has 7 nitrogen and oxygen atoms in total. The van der Waals surface area contributed by atoms with Crippen molar-refractivity contribution in [1.29, 1.82) is 0 Å². The van der Waals surface area contributed by atoms with Crippen LogP contribution in [-0.4, -0.2) is 35.8 Å². The monoisotopic (exact) mass is 487 g/mol. The summed E-state index contributed by atoms with van der Waals surface area (Å²) in [6, 6.07) is 22.3. The molecule has 0 aliphatic rings. The topological polar surface area (TPSA) is 90.9 Å². The molecule has 1 amide bonds. The summed E-state index contributed by atoms with van der Waals surface area (Å²) in [5.74, 6) is 1.03. The fraction of sp³-hybridized carbons (Fsp3) is 0.241. The van der Waals surface area contributed by atoms with Crippen molar-refractivity contribution < 1.29 is 19.4 Å². The number of phenolic OH excluding ortho intramolecular Hbond substituents is 1. The molecule has 0 saturated carbocycles. The molecular formula is C29H33N3O4. The highest BCUT2D eigenvalue weighted by Gasteiger charge is 2.17. The minimum atomic E-state index is -0.300. The Labute approximate surface area is 212 Å². The summed E-state index contributed by atoms with van der Waals surface area (Å²) < 4.78 is 5.98. The van der Waals surface area contributed by atoms with Gasteiger partial charge in [-0.15, -0.1) is 0 Å². The first-order chi connectivity index (χ1) is 17.3. The molecule has 0 aromatic heterocycles. The van der Waals surface area contributed by atoms with E-state index in [-0.39, 0.29) is 35.5 Å².